The summed E-state index contributed by atoms with van der Waals surface area (Å²) in [6.07, 6.45) is 0.117. The van der Waals surface area contributed by atoms with Gasteiger partial charge in [-0.2, -0.15) is 0 Å². The van der Waals surface area contributed by atoms with E-state index < -0.39 is 45.7 Å². The summed E-state index contributed by atoms with van der Waals surface area (Å²) in [7, 11) is -1.45. The number of amides is 2. The molecule has 2 aliphatic rings. The number of carbonyl (C=O) groups excluding carboxylic acids is 3. The van der Waals surface area contributed by atoms with Crippen molar-refractivity contribution in [2.24, 2.45) is 0 Å². The third-order valence-electron chi connectivity index (χ3n) is 4.50. The van der Waals surface area contributed by atoms with E-state index in [4.69, 9.17) is 4.74 Å². The largest absolute Gasteiger partial charge is 0.458 e. The molecule has 3 rings (SSSR count). The molecule has 0 saturated carbocycles. The van der Waals surface area contributed by atoms with Crippen LogP contribution in [0.5, 0.6) is 0 Å². The third kappa shape index (κ3) is 4.01. The number of hydrogen-bond donors (Lipinski definition) is 1. The average molecular weight is 404 g/mol. The van der Waals surface area contributed by atoms with Crippen LogP contribution >= 0.6 is 0 Å². The number of rotatable bonds is 4. The van der Waals surface area contributed by atoms with Crippen LogP contribution in [0, 0.1) is 0 Å². The summed E-state index contributed by atoms with van der Waals surface area (Å²) < 4.78 is 18.0. The first-order valence-corrected chi connectivity index (χ1v) is 10.4. The molecule has 0 radical (unpaired) electrons. The maximum absolute atomic E-state index is 12.7. The van der Waals surface area contributed by atoms with Gasteiger partial charge in [0.25, 0.3) is 0 Å². The third-order valence-corrected chi connectivity index (χ3v) is 6.19. The van der Waals surface area contributed by atoms with Crippen LogP contribution in [0.25, 0.3) is 0 Å². The second kappa shape index (κ2) is 7.50. The van der Waals surface area contributed by atoms with Gasteiger partial charge in [0, 0.05) is 5.75 Å². The number of nitrogens with zero attached hydrogens (tertiary/aromatic N) is 1. The van der Waals surface area contributed by atoms with Gasteiger partial charge in [-0.25, -0.2) is 4.79 Å². The molecule has 2 saturated heterocycles. The summed E-state index contributed by atoms with van der Waals surface area (Å²) in [6.45, 7) is 9.02. The van der Waals surface area contributed by atoms with Gasteiger partial charge in [-0.05, 0) is 31.9 Å². The number of benzene rings is 1. The highest BCUT2D eigenvalue weighted by molar-refractivity contribution is 7.86. The van der Waals surface area contributed by atoms with Crippen LogP contribution in [-0.4, -0.2) is 55.7 Å². The Morgan fingerprint density at radius 3 is 2.54 bits per heavy atom. The molecule has 8 heteroatoms. The van der Waals surface area contributed by atoms with Crippen LogP contribution in [0.2, 0.25) is 0 Å². The standard InChI is InChI=1S/C20H24N2O5S/c1-12-11-28(26)18-15(21-14(23)10-13-8-6-5-7-9-13)17(24)22(18)16(12)19(25)27-20(2,3)4/h5-9,15-16,18H,1,10-11H2,2-4H3,(H,21,23)/t15-,16-,18-,28+/m1/s1. The highest BCUT2D eigenvalue weighted by Crippen LogP contribution is 2.35. The van der Waals surface area contributed by atoms with Crippen molar-refractivity contribution >= 4 is 28.6 Å². The molecule has 1 aromatic carbocycles. The van der Waals surface area contributed by atoms with Gasteiger partial charge in [0.2, 0.25) is 11.8 Å². The Morgan fingerprint density at radius 1 is 1.29 bits per heavy atom. The van der Waals surface area contributed by atoms with Gasteiger partial charge in [-0.1, -0.05) is 36.9 Å². The number of ether oxygens (including phenoxy) is 1. The van der Waals surface area contributed by atoms with E-state index in [1.807, 2.05) is 30.3 Å². The summed E-state index contributed by atoms with van der Waals surface area (Å²) >= 11 is 0. The van der Waals surface area contributed by atoms with Gasteiger partial charge >= 0.3 is 5.97 Å². The summed E-state index contributed by atoms with van der Waals surface area (Å²) in [5.41, 5.74) is 0.473. The van der Waals surface area contributed by atoms with Crippen molar-refractivity contribution in [3.05, 3.63) is 48.0 Å². The zero-order valence-electron chi connectivity index (χ0n) is 16.1. The minimum absolute atomic E-state index is 0.0867. The molecule has 0 aliphatic carbocycles. The number of fused-ring (bicyclic) bond motifs is 1. The number of carbonyl (C=O) groups is 3. The van der Waals surface area contributed by atoms with Crippen LogP contribution < -0.4 is 5.32 Å². The first-order valence-electron chi connectivity index (χ1n) is 9.01. The molecular weight excluding hydrogens is 380 g/mol. The van der Waals surface area contributed by atoms with E-state index >= 15 is 0 Å². The minimum atomic E-state index is -1.45. The number of esters is 1. The Kier molecular flexibility index (Phi) is 5.43. The summed E-state index contributed by atoms with van der Waals surface area (Å²) in [5.74, 6) is -1.29. The second-order valence-electron chi connectivity index (χ2n) is 7.96. The number of hydrogen-bond acceptors (Lipinski definition) is 5. The summed E-state index contributed by atoms with van der Waals surface area (Å²) in [6, 6.07) is 7.25. The van der Waals surface area contributed by atoms with Crippen molar-refractivity contribution in [1.29, 1.82) is 0 Å². The smallest absolute Gasteiger partial charge is 0.333 e. The lowest BCUT2D eigenvalue weighted by molar-refractivity contribution is -0.170. The predicted octanol–water partition coefficient (Wildman–Crippen LogP) is 0.911. The Hall–Kier alpha value is -2.48. The van der Waals surface area contributed by atoms with Crippen molar-refractivity contribution < 1.29 is 23.3 Å². The highest BCUT2D eigenvalue weighted by atomic mass is 32.2. The molecule has 150 valence electrons. The topological polar surface area (TPSA) is 92.8 Å². The van der Waals surface area contributed by atoms with Gasteiger partial charge in [-0.3, -0.25) is 13.8 Å². The van der Waals surface area contributed by atoms with E-state index in [9.17, 15) is 18.6 Å². The Labute approximate surface area is 166 Å². The van der Waals surface area contributed by atoms with Gasteiger partial charge in [0.1, 0.15) is 17.0 Å². The van der Waals surface area contributed by atoms with Crippen molar-refractivity contribution in [1.82, 2.24) is 10.2 Å². The molecule has 2 heterocycles. The molecule has 0 bridgehead atoms. The maximum atomic E-state index is 12.7. The molecule has 2 fully saturated rings. The van der Waals surface area contributed by atoms with Crippen LogP contribution in [0.1, 0.15) is 26.3 Å². The summed E-state index contributed by atoms with van der Waals surface area (Å²) in [5, 5.41) is 1.91. The normalized spacial score (nSPS) is 26.9. The van der Waals surface area contributed by atoms with E-state index in [1.54, 1.807) is 20.8 Å². The Bertz CT molecular complexity index is 846. The van der Waals surface area contributed by atoms with Crippen molar-refractivity contribution in [3.8, 4) is 0 Å². The molecule has 0 spiro atoms. The lowest BCUT2D eigenvalue weighted by Gasteiger charge is -2.52. The molecule has 0 aromatic heterocycles. The Morgan fingerprint density at radius 2 is 1.93 bits per heavy atom. The zero-order chi connectivity index (χ0) is 20.6. The molecule has 4 atom stereocenters. The van der Waals surface area contributed by atoms with E-state index in [0.717, 1.165) is 5.56 Å². The summed E-state index contributed by atoms with van der Waals surface area (Å²) in [4.78, 5) is 38.8. The number of β-lactam (4-membered cyclic amide) rings is 1. The molecule has 0 unspecified atom stereocenters. The van der Waals surface area contributed by atoms with Crippen LogP contribution in [-0.2, 0) is 36.3 Å². The zero-order valence-corrected chi connectivity index (χ0v) is 17.0. The van der Waals surface area contributed by atoms with Gasteiger partial charge < -0.3 is 15.0 Å². The fourth-order valence-corrected chi connectivity index (χ4v) is 5.02. The lowest BCUT2D eigenvalue weighted by Crippen LogP contribution is -2.77. The van der Waals surface area contributed by atoms with Gasteiger partial charge in [-0.15, -0.1) is 0 Å². The monoisotopic (exact) mass is 404 g/mol. The molecule has 2 amide bonds. The first-order chi connectivity index (χ1) is 13.1. The molecular formula is C20H24N2O5S. The first kappa shape index (κ1) is 20.3. The molecule has 28 heavy (non-hydrogen) atoms. The minimum Gasteiger partial charge on any atom is -0.458 e. The van der Waals surface area contributed by atoms with Crippen molar-refractivity contribution in [3.63, 3.8) is 0 Å². The van der Waals surface area contributed by atoms with Gasteiger partial charge in [0.05, 0.1) is 17.2 Å². The lowest BCUT2D eigenvalue weighted by atomic mass is 9.98. The van der Waals surface area contributed by atoms with Crippen LogP contribution in [0.4, 0.5) is 0 Å². The molecule has 2 aliphatic heterocycles. The number of nitrogens with one attached hydrogen (secondary N) is 1. The van der Waals surface area contributed by atoms with E-state index in [0.29, 0.717) is 5.57 Å². The average Bonchev–Trinajstić information content (AvgIpc) is 2.58. The molecule has 1 N–H and O–H groups in total. The van der Waals surface area contributed by atoms with Gasteiger partial charge in [0.15, 0.2) is 6.04 Å². The van der Waals surface area contributed by atoms with E-state index in [-0.39, 0.29) is 18.1 Å². The van der Waals surface area contributed by atoms with Crippen LogP contribution in [0.15, 0.2) is 42.5 Å². The van der Waals surface area contributed by atoms with Crippen LogP contribution in [0.3, 0.4) is 0 Å². The molecule has 7 nitrogen and oxygen atoms in total. The predicted molar refractivity (Wildman–Crippen MR) is 104 cm³/mol. The molecule has 1 aromatic rings. The van der Waals surface area contributed by atoms with Crippen molar-refractivity contribution in [2.45, 2.75) is 50.3 Å². The maximum Gasteiger partial charge on any atom is 0.333 e. The fourth-order valence-electron chi connectivity index (χ4n) is 3.36. The van der Waals surface area contributed by atoms with E-state index in [2.05, 4.69) is 11.9 Å². The van der Waals surface area contributed by atoms with E-state index in [1.165, 1.54) is 4.90 Å². The second-order valence-corrected chi connectivity index (χ2v) is 9.50. The van der Waals surface area contributed by atoms with Crippen molar-refractivity contribution in [2.75, 3.05) is 5.75 Å². The Balaban J connectivity index is 1.72. The highest BCUT2D eigenvalue weighted by Gasteiger charge is 2.59. The SMILES string of the molecule is C=C1C[S@](=O)[C@@H]2[C@H](NC(=O)Cc3ccccc3)C(=O)N2[C@H]1C(=O)OC(C)(C)C. The fraction of sp³-hybridized carbons (Fsp3) is 0.450. The quantitative estimate of drug-likeness (QED) is 0.458.